The van der Waals surface area contributed by atoms with Gasteiger partial charge < -0.3 is 19.8 Å². The Labute approximate surface area is 186 Å². The van der Waals surface area contributed by atoms with Crippen molar-refractivity contribution in [3.8, 4) is 11.4 Å². The Kier molecular flexibility index (Phi) is 6.81. The minimum absolute atomic E-state index is 0.0332. The molecule has 3 aromatic rings. The molecule has 1 fully saturated rings. The monoisotopic (exact) mass is 438 g/mol. The number of rotatable bonds is 7. The minimum atomic E-state index is -0.178. The summed E-state index contributed by atoms with van der Waals surface area (Å²) < 4.78 is 13.0. The van der Waals surface area contributed by atoms with Gasteiger partial charge in [-0.1, -0.05) is 30.3 Å². The number of para-hydroxylation sites is 1. The maximum Gasteiger partial charge on any atom is 0.269 e. The third-order valence-electron chi connectivity index (χ3n) is 5.47. The first-order chi connectivity index (χ1) is 15.2. The first kappa shape index (κ1) is 21.3. The maximum atomic E-state index is 13.1. The normalized spacial score (nSPS) is 15.4. The van der Waals surface area contributed by atoms with Crippen LogP contribution >= 0.6 is 12.2 Å². The molecule has 1 aliphatic rings. The van der Waals surface area contributed by atoms with Gasteiger partial charge in [0.25, 0.3) is 5.91 Å². The van der Waals surface area contributed by atoms with Crippen LogP contribution in [0.1, 0.15) is 22.1 Å². The lowest BCUT2D eigenvalue weighted by atomic mass is 10.0. The SMILES string of the molecule is COc1ccc(C(CNC(=O)c2c[nH]c(=S)n2-c2ccccc2)N2CCOCC2)cc1. The zero-order valence-electron chi connectivity index (χ0n) is 17.4. The number of carbonyl (C=O) groups excluding carboxylic acids is 1. The standard InChI is InChI=1S/C23H26N4O3S/c1-29-19-9-7-17(8-10-19)20(26-11-13-30-14-12-26)15-24-22(28)21-16-25-23(31)27(21)18-5-3-2-4-6-18/h2-10,16,20H,11-15H2,1H3,(H,24,28)(H,25,31). The molecule has 2 heterocycles. The minimum Gasteiger partial charge on any atom is -0.497 e. The number of methoxy groups -OCH3 is 1. The summed E-state index contributed by atoms with van der Waals surface area (Å²) in [6, 6.07) is 17.6. The topological polar surface area (TPSA) is 71.5 Å². The second-order valence-corrected chi connectivity index (χ2v) is 7.68. The highest BCUT2D eigenvalue weighted by atomic mass is 32.1. The molecule has 0 bridgehead atoms. The molecule has 162 valence electrons. The zero-order chi connectivity index (χ0) is 21.6. The van der Waals surface area contributed by atoms with Crippen LogP contribution in [-0.2, 0) is 4.74 Å². The van der Waals surface area contributed by atoms with Gasteiger partial charge in [0.1, 0.15) is 11.4 Å². The van der Waals surface area contributed by atoms with Crippen molar-refractivity contribution in [1.29, 1.82) is 0 Å². The van der Waals surface area contributed by atoms with E-state index in [1.165, 1.54) is 0 Å². The summed E-state index contributed by atoms with van der Waals surface area (Å²) in [7, 11) is 1.65. The average molecular weight is 439 g/mol. The molecule has 1 aromatic heterocycles. The molecule has 1 amide bonds. The number of morpholine rings is 1. The zero-order valence-corrected chi connectivity index (χ0v) is 18.2. The predicted molar refractivity (Wildman–Crippen MR) is 121 cm³/mol. The summed E-state index contributed by atoms with van der Waals surface area (Å²) in [6.45, 7) is 3.48. The van der Waals surface area contributed by atoms with E-state index >= 15 is 0 Å². The molecule has 0 spiro atoms. The third kappa shape index (κ3) is 4.87. The van der Waals surface area contributed by atoms with Crippen LogP contribution in [0.3, 0.4) is 0 Å². The lowest BCUT2D eigenvalue weighted by molar-refractivity contribution is 0.0162. The van der Waals surface area contributed by atoms with Gasteiger partial charge in [-0.3, -0.25) is 14.3 Å². The van der Waals surface area contributed by atoms with Crippen molar-refractivity contribution in [2.75, 3.05) is 40.0 Å². The van der Waals surface area contributed by atoms with Crippen molar-refractivity contribution in [3.05, 3.63) is 76.8 Å². The van der Waals surface area contributed by atoms with E-state index in [-0.39, 0.29) is 11.9 Å². The van der Waals surface area contributed by atoms with Crippen LogP contribution in [0.5, 0.6) is 5.75 Å². The van der Waals surface area contributed by atoms with Crippen LogP contribution in [0, 0.1) is 4.77 Å². The molecule has 2 N–H and O–H groups in total. The Bertz CT molecular complexity index is 1060. The fourth-order valence-electron chi connectivity index (χ4n) is 3.82. The number of hydrogen-bond donors (Lipinski definition) is 2. The number of carbonyl (C=O) groups is 1. The average Bonchev–Trinajstić information content (AvgIpc) is 3.22. The van der Waals surface area contributed by atoms with Crippen LogP contribution in [0.15, 0.2) is 60.8 Å². The Morgan fingerprint density at radius 1 is 1.16 bits per heavy atom. The highest BCUT2D eigenvalue weighted by Gasteiger charge is 2.24. The van der Waals surface area contributed by atoms with Gasteiger partial charge in [0.15, 0.2) is 4.77 Å². The first-order valence-electron chi connectivity index (χ1n) is 10.3. The maximum absolute atomic E-state index is 13.1. The number of nitrogens with one attached hydrogen (secondary N) is 2. The van der Waals surface area contributed by atoms with Gasteiger partial charge in [-0.15, -0.1) is 0 Å². The number of aromatic amines is 1. The van der Waals surface area contributed by atoms with Crippen molar-refractivity contribution < 1.29 is 14.3 Å². The summed E-state index contributed by atoms with van der Waals surface area (Å²) in [6.07, 6.45) is 1.65. The molecule has 1 unspecified atom stereocenters. The Hall–Kier alpha value is -2.94. The van der Waals surface area contributed by atoms with E-state index in [9.17, 15) is 4.79 Å². The summed E-state index contributed by atoms with van der Waals surface area (Å²) in [4.78, 5) is 18.4. The quantitative estimate of drug-likeness (QED) is 0.554. The molecule has 0 radical (unpaired) electrons. The number of benzene rings is 2. The molecule has 1 atom stereocenters. The lowest BCUT2D eigenvalue weighted by Crippen LogP contribution is -2.44. The van der Waals surface area contributed by atoms with Gasteiger partial charge in [-0.2, -0.15) is 0 Å². The summed E-state index contributed by atoms with van der Waals surface area (Å²) in [5.41, 5.74) is 2.45. The Morgan fingerprint density at radius 3 is 2.55 bits per heavy atom. The molecule has 7 nitrogen and oxygen atoms in total. The number of imidazole rings is 1. The number of ether oxygens (including phenoxy) is 2. The second kappa shape index (κ2) is 9.91. The largest absolute Gasteiger partial charge is 0.497 e. The number of H-pyrrole nitrogens is 1. The third-order valence-corrected chi connectivity index (χ3v) is 5.77. The first-order valence-corrected chi connectivity index (χ1v) is 10.7. The van der Waals surface area contributed by atoms with Gasteiger partial charge in [0, 0.05) is 31.5 Å². The van der Waals surface area contributed by atoms with Gasteiger partial charge in [-0.05, 0) is 42.0 Å². The molecule has 1 aliphatic heterocycles. The number of nitrogens with zero attached hydrogens (tertiary/aromatic N) is 2. The van der Waals surface area contributed by atoms with E-state index < -0.39 is 0 Å². The highest BCUT2D eigenvalue weighted by molar-refractivity contribution is 7.71. The predicted octanol–water partition coefficient (Wildman–Crippen LogP) is 3.35. The van der Waals surface area contributed by atoms with Crippen LogP contribution in [0.25, 0.3) is 5.69 Å². The van der Waals surface area contributed by atoms with E-state index in [2.05, 4.69) is 15.2 Å². The number of amides is 1. The van der Waals surface area contributed by atoms with Crippen molar-refractivity contribution in [2.45, 2.75) is 6.04 Å². The summed E-state index contributed by atoms with van der Waals surface area (Å²) >= 11 is 5.41. The molecule has 0 aliphatic carbocycles. The molecular weight excluding hydrogens is 412 g/mol. The summed E-state index contributed by atoms with van der Waals surface area (Å²) in [5, 5.41) is 3.11. The van der Waals surface area contributed by atoms with E-state index in [0.29, 0.717) is 30.2 Å². The van der Waals surface area contributed by atoms with E-state index in [1.54, 1.807) is 17.9 Å². The van der Waals surface area contributed by atoms with Crippen LogP contribution in [-0.4, -0.2) is 60.3 Å². The van der Waals surface area contributed by atoms with Crippen molar-refractivity contribution in [2.24, 2.45) is 0 Å². The second-order valence-electron chi connectivity index (χ2n) is 7.30. The Morgan fingerprint density at radius 2 is 1.87 bits per heavy atom. The lowest BCUT2D eigenvalue weighted by Gasteiger charge is -2.35. The van der Waals surface area contributed by atoms with Crippen molar-refractivity contribution >= 4 is 18.1 Å². The van der Waals surface area contributed by atoms with Crippen LogP contribution in [0.4, 0.5) is 0 Å². The summed E-state index contributed by atoms with van der Waals surface area (Å²) in [5.74, 6) is 0.630. The molecule has 2 aromatic carbocycles. The van der Waals surface area contributed by atoms with E-state index in [0.717, 1.165) is 30.1 Å². The van der Waals surface area contributed by atoms with Gasteiger partial charge in [-0.25, -0.2) is 0 Å². The fourth-order valence-corrected chi connectivity index (χ4v) is 4.08. The van der Waals surface area contributed by atoms with Crippen molar-refractivity contribution in [3.63, 3.8) is 0 Å². The van der Waals surface area contributed by atoms with E-state index in [4.69, 9.17) is 21.7 Å². The van der Waals surface area contributed by atoms with Gasteiger partial charge in [0.05, 0.1) is 26.4 Å². The number of hydrogen-bond acceptors (Lipinski definition) is 5. The molecule has 0 saturated carbocycles. The van der Waals surface area contributed by atoms with Crippen molar-refractivity contribution in [1.82, 2.24) is 19.8 Å². The smallest absolute Gasteiger partial charge is 0.269 e. The van der Waals surface area contributed by atoms with Crippen LogP contribution in [0.2, 0.25) is 0 Å². The fraction of sp³-hybridized carbons (Fsp3) is 0.304. The van der Waals surface area contributed by atoms with Gasteiger partial charge >= 0.3 is 0 Å². The van der Waals surface area contributed by atoms with E-state index in [1.807, 2.05) is 54.6 Å². The number of aromatic nitrogens is 2. The molecule has 1 saturated heterocycles. The molecule has 31 heavy (non-hydrogen) atoms. The molecule has 8 heteroatoms. The highest BCUT2D eigenvalue weighted by Crippen LogP contribution is 2.24. The van der Waals surface area contributed by atoms with Crippen LogP contribution < -0.4 is 10.1 Å². The Balaban J connectivity index is 1.54. The van der Waals surface area contributed by atoms with Gasteiger partial charge in [0.2, 0.25) is 0 Å². The molecular formula is C23H26N4O3S. The molecule has 4 rings (SSSR count).